The third kappa shape index (κ3) is 3.69. The van der Waals surface area contributed by atoms with Gasteiger partial charge in [-0.2, -0.15) is 13.2 Å². The summed E-state index contributed by atoms with van der Waals surface area (Å²) < 4.78 is 38.6. The topological polar surface area (TPSA) is 80.9 Å². The SMILES string of the molecule is Nc1ccc(C(=O)Nc2cnc(Br)cn2)cc1C(F)(F)F. The van der Waals surface area contributed by atoms with Gasteiger partial charge in [-0.25, -0.2) is 9.97 Å². The fraction of sp³-hybridized carbons (Fsp3) is 0.0833. The number of nitrogens with one attached hydrogen (secondary N) is 1. The molecule has 21 heavy (non-hydrogen) atoms. The molecule has 0 fully saturated rings. The van der Waals surface area contributed by atoms with Gasteiger partial charge in [-0.15, -0.1) is 0 Å². The molecule has 0 spiro atoms. The molecule has 0 aliphatic heterocycles. The zero-order valence-electron chi connectivity index (χ0n) is 10.3. The number of nitrogens with two attached hydrogens (primary N) is 1. The number of hydrogen-bond acceptors (Lipinski definition) is 4. The number of nitrogen functional groups attached to an aromatic ring is 1. The molecule has 9 heteroatoms. The van der Waals surface area contributed by atoms with E-state index in [4.69, 9.17) is 5.73 Å². The number of halogens is 4. The fourth-order valence-electron chi connectivity index (χ4n) is 1.51. The van der Waals surface area contributed by atoms with E-state index in [1.165, 1.54) is 18.5 Å². The average molecular weight is 361 g/mol. The Hall–Kier alpha value is -2.16. The van der Waals surface area contributed by atoms with E-state index in [0.29, 0.717) is 10.7 Å². The highest BCUT2D eigenvalue weighted by atomic mass is 79.9. The quantitative estimate of drug-likeness (QED) is 0.806. The summed E-state index contributed by atoms with van der Waals surface area (Å²) in [6.07, 6.45) is -2.01. The Morgan fingerprint density at radius 2 is 1.95 bits per heavy atom. The summed E-state index contributed by atoms with van der Waals surface area (Å²) in [7, 11) is 0. The summed E-state index contributed by atoms with van der Waals surface area (Å²) in [5.41, 5.74) is 3.59. The zero-order valence-corrected chi connectivity index (χ0v) is 11.9. The number of carbonyl (C=O) groups is 1. The lowest BCUT2D eigenvalue weighted by molar-refractivity contribution is -0.136. The van der Waals surface area contributed by atoms with Gasteiger partial charge in [0.1, 0.15) is 4.60 Å². The molecule has 0 aliphatic carbocycles. The van der Waals surface area contributed by atoms with Crippen LogP contribution in [-0.4, -0.2) is 15.9 Å². The first-order chi connectivity index (χ1) is 9.77. The average Bonchev–Trinajstić information content (AvgIpc) is 2.40. The van der Waals surface area contributed by atoms with Crippen LogP contribution >= 0.6 is 15.9 Å². The van der Waals surface area contributed by atoms with E-state index in [9.17, 15) is 18.0 Å². The maximum atomic E-state index is 12.7. The van der Waals surface area contributed by atoms with E-state index >= 15 is 0 Å². The van der Waals surface area contributed by atoms with Crippen molar-refractivity contribution in [3.63, 3.8) is 0 Å². The van der Waals surface area contributed by atoms with Crippen molar-refractivity contribution in [2.24, 2.45) is 0 Å². The van der Waals surface area contributed by atoms with Crippen LogP contribution in [0.2, 0.25) is 0 Å². The van der Waals surface area contributed by atoms with E-state index in [1.54, 1.807) is 0 Å². The van der Waals surface area contributed by atoms with Gasteiger partial charge in [0.2, 0.25) is 0 Å². The van der Waals surface area contributed by atoms with Crippen molar-refractivity contribution in [2.45, 2.75) is 6.18 Å². The summed E-state index contributed by atoms with van der Waals surface area (Å²) in [5.74, 6) is -0.620. The third-order valence-electron chi connectivity index (χ3n) is 2.48. The van der Waals surface area contributed by atoms with Crippen LogP contribution in [0.3, 0.4) is 0 Å². The van der Waals surface area contributed by atoms with Gasteiger partial charge in [0.25, 0.3) is 5.91 Å². The van der Waals surface area contributed by atoms with Crippen molar-refractivity contribution in [3.05, 3.63) is 46.3 Å². The van der Waals surface area contributed by atoms with Crippen LogP contribution in [0.1, 0.15) is 15.9 Å². The van der Waals surface area contributed by atoms with Crippen LogP contribution in [0.15, 0.2) is 35.2 Å². The molecule has 0 radical (unpaired) electrons. The van der Waals surface area contributed by atoms with Gasteiger partial charge in [-0.3, -0.25) is 4.79 Å². The molecule has 0 unspecified atom stereocenters. The predicted molar refractivity (Wildman–Crippen MR) is 73.5 cm³/mol. The Bertz CT molecular complexity index is 673. The number of amides is 1. The number of aromatic nitrogens is 2. The number of benzene rings is 1. The number of rotatable bonds is 2. The van der Waals surface area contributed by atoms with Gasteiger partial charge in [-0.05, 0) is 34.1 Å². The minimum Gasteiger partial charge on any atom is -0.398 e. The standard InChI is InChI=1S/C12H8BrF3N4O/c13-9-4-19-10(5-18-9)20-11(21)6-1-2-8(17)7(3-6)12(14,15)16/h1-5H,17H2,(H,19,20,21). The molecule has 1 amide bonds. The lowest BCUT2D eigenvalue weighted by Crippen LogP contribution is -2.16. The maximum Gasteiger partial charge on any atom is 0.418 e. The first-order valence-corrected chi connectivity index (χ1v) is 6.32. The number of nitrogens with zero attached hydrogens (tertiary/aromatic N) is 2. The van der Waals surface area contributed by atoms with Crippen molar-refractivity contribution in [1.82, 2.24) is 9.97 Å². The van der Waals surface area contributed by atoms with Crippen LogP contribution in [0.4, 0.5) is 24.7 Å². The molecule has 1 aromatic carbocycles. The van der Waals surface area contributed by atoms with Gasteiger partial charge in [0.05, 0.1) is 18.0 Å². The van der Waals surface area contributed by atoms with Crippen molar-refractivity contribution in [2.75, 3.05) is 11.1 Å². The van der Waals surface area contributed by atoms with E-state index < -0.39 is 23.3 Å². The second-order valence-corrected chi connectivity index (χ2v) is 4.79. The Morgan fingerprint density at radius 1 is 1.24 bits per heavy atom. The second kappa shape index (κ2) is 5.68. The first-order valence-electron chi connectivity index (χ1n) is 5.53. The highest BCUT2D eigenvalue weighted by molar-refractivity contribution is 9.10. The molecule has 5 nitrogen and oxygen atoms in total. The summed E-state index contributed by atoms with van der Waals surface area (Å²) in [4.78, 5) is 19.6. The van der Waals surface area contributed by atoms with Crippen LogP contribution in [0, 0.1) is 0 Å². The Labute approximate surface area is 125 Å². The molecule has 1 heterocycles. The number of anilines is 2. The van der Waals surface area contributed by atoms with Gasteiger partial charge >= 0.3 is 6.18 Å². The molecule has 2 rings (SSSR count). The van der Waals surface area contributed by atoms with E-state index in [-0.39, 0.29) is 11.4 Å². The van der Waals surface area contributed by atoms with Crippen molar-refractivity contribution in [3.8, 4) is 0 Å². The van der Waals surface area contributed by atoms with Crippen molar-refractivity contribution < 1.29 is 18.0 Å². The monoisotopic (exact) mass is 360 g/mol. The van der Waals surface area contributed by atoms with Crippen molar-refractivity contribution in [1.29, 1.82) is 0 Å². The highest BCUT2D eigenvalue weighted by Crippen LogP contribution is 2.34. The molecule has 2 aromatic rings. The predicted octanol–water partition coefficient (Wildman–Crippen LogP) is 3.09. The Balaban J connectivity index is 2.25. The minimum absolute atomic E-state index is 0.119. The molecule has 0 atom stereocenters. The highest BCUT2D eigenvalue weighted by Gasteiger charge is 2.33. The molecule has 0 saturated heterocycles. The molecule has 0 aliphatic rings. The Kier molecular flexibility index (Phi) is 4.12. The minimum atomic E-state index is -4.63. The number of alkyl halides is 3. The molecule has 110 valence electrons. The van der Waals surface area contributed by atoms with Crippen LogP contribution in [-0.2, 0) is 6.18 Å². The lowest BCUT2D eigenvalue weighted by atomic mass is 10.1. The molecular formula is C12H8BrF3N4O. The number of carbonyl (C=O) groups excluding carboxylic acids is 1. The first kappa shape index (κ1) is 15.2. The summed E-state index contributed by atoms with van der Waals surface area (Å²) in [5, 5.41) is 2.34. The van der Waals surface area contributed by atoms with Gasteiger partial charge in [0, 0.05) is 11.3 Å². The lowest BCUT2D eigenvalue weighted by Gasteiger charge is -2.11. The van der Waals surface area contributed by atoms with E-state index in [0.717, 1.165) is 6.07 Å². The maximum absolute atomic E-state index is 12.7. The van der Waals surface area contributed by atoms with Gasteiger partial charge in [0.15, 0.2) is 5.82 Å². The molecular weight excluding hydrogens is 353 g/mol. The summed E-state index contributed by atoms with van der Waals surface area (Å²) in [6.45, 7) is 0. The second-order valence-electron chi connectivity index (χ2n) is 3.98. The van der Waals surface area contributed by atoms with E-state index in [1.807, 2.05) is 0 Å². The molecule has 3 N–H and O–H groups in total. The van der Waals surface area contributed by atoms with Gasteiger partial charge < -0.3 is 11.1 Å². The normalized spacial score (nSPS) is 11.2. The summed E-state index contributed by atoms with van der Waals surface area (Å²) in [6, 6.07) is 2.92. The summed E-state index contributed by atoms with van der Waals surface area (Å²) >= 11 is 3.07. The zero-order chi connectivity index (χ0) is 15.6. The van der Waals surface area contributed by atoms with Gasteiger partial charge in [-0.1, -0.05) is 0 Å². The largest absolute Gasteiger partial charge is 0.418 e. The smallest absolute Gasteiger partial charge is 0.398 e. The molecule has 0 bridgehead atoms. The fourth-order valence-corrected chi connectivity index (χ4v) is 1.71. The van der Waals surface area contributed by atoms with Crippen LogP contribution in [0.25, 0.3) is 0 Å². The number of hydrogen-bond donors (Lipinski definition) is 2. The molecule has 0 saturated carbocycles. The van der Waals surface area contributed by atoms with Crippen LogP contribution < -0.4 is 11.1 Å². The van der Waals surface area contributed by atoms with Crippen LogP contribution in [0.5, 0.6) is 0 Å². The van der Waals surface area contributed by atoms with Crippen molar-refractivity contribution >= 4 is 33.3 Å². The molecule has 1 aromatic heterocycles. The van der Waals surface area contributed by atoms with E-state index in [2.05, 4.69) is 31.2 Å². The Morgan fingerprint density at radius 3 is 2.52 bits per heavy atom. The third-order valence-corrected chi connectivity index (χ3v) is 2.89.